The molecule has 0 aliphatic heterocycles. The first kappa shape index (κ1) is 303. The Kier molecular flexibility index (Phi) is 7000. The fraction of sp³-hybridized carbons (Fsp3) is 0. The van der Waals surface area contributed by atoms with Gasteiger partial charge in [0.2, 0.25) is 0 Å². The predicted molar refractivity (Wildman–Crippen MR) is 3.43 cm³/mol. The SMILES string of the molecule is [Ni+2].[Ni+2].[Ni+2].[Ni+2].[Ni+2].[O-2].[O-2].[O-2].[O-2].[O-2]. The van der Waals surface area contributed by atoms with E-state index in [0.29, 0.717) is 0 Å². The molecule has 5 nitrogen and oxygen atoms in total. The average molecular weight is 373 g/mol. The minimum atomic E-state index is 0. The molecule has 0 saturated heterocycles. The summed E-state index contributed by atoms with van der Waals surface area (Å²) in [5, 5.41) is 0. The normalized spacial score (nSPS) is 0. The van der Waals surface area contributed by atoms with Crippen LogP contribution in [0.2, 0.25) is 0 Å². The van der Waals surface area contributed by atoms with Crippen LogP contribution in [0.25, 0.3) is 0 Å². The first-order chi connectivity index (χ1) is 0. The van der Waals surface area contributed by atoms with E-state index in [2.05, 4.69) is 0 Å². The van der Waals surface area contributed by atoms with E-state index in [1.165, 1.54) is 0 Å². The molecule has 0 fully saturated rings. The van der Waals surface area contributed by atoms with E-state index >= 15 is 0 Å². The maximum atomic E-state index is 0. The standard InChI is InChI=1S/5Ni.5O/q5*+2;5*-2. The Morgan fingerprint density at radius 3 is 0.200 bits per heavy atom. The smallest absolute Gasteiger partial charge is 2.00 e. The Bertz CT molecular complexity index is 10.0. The van der Waals surface area contributed by atoms with E-state index in [1.807, 2.05) is 0 Å². The number of rotatable bonds is 0. The maximum absolute atomic E-state index is 0. The molecule has 0 aromatic rings. The van der Waals surface area contributed by atoms with Gasteiger partial charge in [0.05, 0.1) is 0 Å². The molecular formula is Ni5O5. The Balaban J connectivity index is 0. The molecule has 0 saturated carbocycles. The third kappa shape index (κ3) is 172. The van der Waals surface area contributed by atoms with Crippen LogP contribution in [0.15, 0.2) is 0 Å². The van der Waals surface area contributed by atoms with Crippen LogP contribution in [-0.4, -0.2) is 0 Å². The van der Waals surface area contributed by atoms with E-state index < -0.39 is 0 Å². The molecule has 0 aromatic carbocycles. The first-order valence-corrected chi connectivity index (χ1v) is 0. The Labute approximate surface area is 109 Å². The van der Waals surface area contributed by atoms with Crippen molar-refractivity contribution in [2.24, 2.45) is 0 Å². The second kappa shape index (κ2) is 231. The van der Waals surface area contributed by atoms with E-state index in [0.717, 1.165) is 0 Å². The summed E-state index contributed by atoms with van der Waals surface area (Å²) in [5.74, 6) is 0. The van der Waals surface area contributed by atoms with Crippen LogP contribution in [0.4, 0.5) is 0 Å². The predicted octanol–water partition coefficient (Wildman–Crippen LogP) is -0.607. The molecule has 0 bridgehead atoms. The summed E-state index contributed by atoms with van der Waals surface area (Å²) in [6, 6.07) is 0. The van der Waals surface area contributed by atoms with Gasteiger partial charge in [0.25, 0.3) is 0 Å². The van der Waals surface area contributed by atoms with E-state index in [9.17, 15) is 0 Å². The number of hydrogen-bond acceptors (Lipinski definition) is 0. The maximum Gasteiger partial charge on any atom is 2.00 e. The zero-order valence-corrected chi connectivity index (χ0v) is 8.56. The molecule has 0 spiro atoms. The minimum Gasteiger partial charge on any atom is -2.00 e. The average Bonchev–Trinajstić information content (AvgIpc) is 0. The molecule has 0 aromatic heterocycles. The van der Waals surface area contributed by atoms with Crippen LogP contribution in [0, 0.1) is 0 Å². The van der Waals surface area contributed by atoms with Crippen molar-refractivity contribution in [1.82, 2.24) is 0 Å². The third-order valence-corrected chi connectivity index (χ3v) is 0. The zero-order valence-electron chi connectivity index (χ0n) is 3.62. The van der Waals surface area contributed by atoms with Crippen molar-refractivity contribution in [3.63, 3.8) is 0 Å². The van der Waals surface area contributed by atoms with Gasteiger partial charge in [-0.05, 0) is 0 Å². The molecule has 0 radical (unpaired) electrons. The van der Waals surface area contributed by atoms with Crippen molar-refractivity contribution in [2.45, 2.75) is 0 Å². The zero-order chi connectivity index (χ0) is 0. The molecule has 0 rings (SSSR count). The molecular weight excluding hydrogens is 373 g/mol. The Morgan fingerprint density at radius 2 is 0.200 bits per heavy atom. The van der Waals surface area contributed by atoms with Gasteiger partial charge in [0, 0.05) is 0 Å². The summed E-state index contributed by atoms with van der Waals surface area (Å²) >= 11 is 0. The van der Waals surface area contributed by atoms with Crippen molar-refractivity contribution in [2.75, 3.05) is 0 Å². The van der Waals surface area contributed by atoms with Crippen LogP contribution < -0.4 is 0 Å². The van der Waals surface area contributed by atoms with Gasteiger partial charge >= 0.3 is 82.5 Å². The van der Waals surface area contributed by atoms with Gasteiger partial charge < -0.3 is 27.4 Å². The van der Waals surface area contributed by atoms with Crippen molar-refractivity contribution in [3.8, 4) is 0 Å². The van der Waals surface area contributed by atoms with E-state index in [-0.39, 0.29) is 110 Å². The van der Waals surface area contributed by atoms with Gasteiger partial charge in [-0.3, -0.25) is 0 Å². The van der Waals surface area contributed by atoms with E-state index in [4.69, 9.17) is 0 Å². The fourth-order valence-corrected chi connectivity index (χ4v) is 0. The summed E-state index contributed by atoms with van der Waals surface area (Å²) in [6.07, 6.45) is 0. The van der Waals surface area contributed by atoms with Crippen molar-refractivity contribution in [3.05, 3.63) is 0 Å². The molecule has 0 amide bonds. The molecule has 0 heterocycles. The minimum absolute atomic E-state index is 0. The monoisotopic (exact) mass is 370 g/mol. The Hall–Kier alpha value is 2.27. The van der Waals surface area contributed by atoms with Crippen molar-refractivity contribution < 1.29 is 110 Å². The fourth-order valence-electron chi connectivity index (χ4n) is 0. The van der Waals surface area contributed by atoms with Crippen molar-refractivity contribution >= 4 is 0 Å². The molecule has 10 heteroatoms. The van der Waals surface area contributed by atoms with Gasteiger partial charge in [0.1, 0.15) is 0 Å². The first-order valence-electron chi connectivity index (χ1n) is 0. The second-order valence-corrected chi connectivity index (χ2v) is 0. The molecule has 0 atom stereocenters. The molecule has 10 heavy (non-hydrogen) atoms. The largest absolute Gasteiger partial charge is 2.00 e. The Morgan fingerprint density at radius 1 is 0.200 bits per heavy atom. The molecule has 0 aliphatic carbocycles. The van der Waals surface area contributed by atoms with Gasteiger partial charge in [-0.1, -0.05) is 0 Å². The van der Waals surface area contributed by atoms with Crippen LogP contribution in [0.5, 0.6) is 0 Å². The van der Waals surface area contributed by atoms with Crippen LogP contribution in [0.3, 0.4) is 0 Å². The topological polar surface area (TPSA) is 142 Å². The van der Waals surface area contributed by atoms with Crippen LogP contribution >= 0.6 is 0 Å². The van der Waals surface area contributed by atoms with Gasteiger partial charge in [-0.25, -0.2) is 0 Å². The summed E-state index contributed by atoms with van der Waals surface area (Å²) in [7, 11) is 0. The van der Waals surface area contributed by atoms with Crippen molar-refractivity contribution in [1.29, 1.82) is 0 Å². The van der Waals surface area contributed by atoms with Crippen LogP contribution in [-0.2, 0) is 110 Å². The van der Waals surface area contributed by atoms with E-state index in [1.54, 1.807) is 0 Å². The summed E-state index contributed by atoms with van der Waals surface area (Å²) < 4.78 is 0. The molecule has 80 valence electrons. The van der Waals surface area contributed by atoms with Gasteiger partial charge in [-0.15, -0.1) is 0 Å². The third-order valence-electron chi connectivity index (χ3n) is 0. The summed E-state index contributed by atoms with van der Waals surface area (Å²) in [4.78, 5) is 0. The molecule has 0 unspecified atom stereocenters. The molecule has 0 N–H and O–H groups in total. The summed E-state index contributed by atoms with van der Waals surface area (Å²) in [6.45, 7) is 0. The van der Waals surface area contributed by atoms with Gasteiger partial charge in [0.15, 0.2) is 0 Å². The second-order valence-electron chi connectivity index (χ2n) is 0. The quantitative estimate of drug-likeness (QED) is 0.500. The number of hydrogen-bond donors (Lipinski definition) is 0. The van der Waals surface area contributed by atoms with Crippen LogP contribution in [0.1, 0.15) is 0 Å². The summed E-state index contributed by atoms with van der Waals surface area (Å²) in [5.41, 5.74) is 0. The molecule has 0 aliphatic rings. The van der Waals surface area contributed by atoms with Gasteiger partial charge in [-0.2, -0.15) is 0 Å².